The fourth-order valence-corrected chi connectivity index (χ4v) is 14.2. The van der Waals surface area contributed by atoms with Crippen molar-refractivity contribution >= 4 is 106 Å². The molecular weight excluding hydrogens is 1770 g/mol. The van der Waals surface area contributed by atoms with Crippen LogP contribution in [0.25, 0.3) is 43.6 Å². The Kier molecular flexibility index (Phi) is 31.9. The first kappa shape index (κ1) is 97.6. The molecule has 0 radical (unpaired) electrons. The van der Waals surface area contributed by atoms with Gasteiger partial charge in [0.1, 0.15) is 41.2 Å². The van der Waals surface area contributed by atoms with Gasteiger partial charge in [-0.15, -0.1) is 17.6 Å². The van der Waals surface area contributed by atoms with Crippen molar-refractivity contribution in [2.75, 3.05) is 43.2 Å². The number of benzene rings is 6. The van der Waals surface area contributed by atoms with Crippen LogP contribution in [0.3, 0.4) is 0 Å². The number of Topliss-reactive ketones (excluding diaryl/α,β-unsaturated/α-hetero) is 1. The number of rotatable bonds is 15. The molecule has 8 N–H and O–H groups in total. The van der Waals surface area contributed by atoms with Crippen LogP contribution < -0.4 is 24.7 Å². The Bertz CT molecular complexity index is 5600. The summed E-state index contributed by atoms with van der Waals surface area (Å²) in [5, 5.41) is 105. The molecule has 2 saturated carbocycles. The van der Waals surface area contributed by atoms with Crippen molar-refractivity contribution in [3.63, 3.8) is 0 Å². The van der Waals surface area contributed by atoms with Crippen molar-refractivity contribution in [2.45, 2.75) is 187 Å². The maximum Gasteiger partial charge on any atom is 0.586 e. The number of hydrogen-bond donors (Lipinski definition) is 7. The standard InChI is InChI=1S/C27H26F2N2O4.C15H17N3O3.C15H19N3O.C13H13N3O2.C11H7ClF2O3.C2H5IO.C2H6O.CH3.Pd/c1-25(2,3)23-14-18-19(15-30)16(4-6-20(18)31(23)10-11-32)12-24(33)26(8-9-26)17-5-7-21-22(13-17)35-27(28,29)34-21;1-15(2,3)14-8-10-11(9-16)13(18(20)21)5-4-12(10)17(14)6-7-19;1-15(2,3)14-8-10-11(9-16)12(17)4-5-13(10)18(14)6-7-19;1-13(2,3)12-6-8-9(7-14)11(16(17)18)5-4-10(8)15-12;12-9(15)10(3-4-10)6-1-2-7-8(5-6)17-11(13,14)16-7;3-1-2-4;1-2-3;;/h4-7,13-14,32H,8-12H2,1-3H3;4-5,8,19H,6-7H2,1-3H3;4-5,8,19H,6-7,17H2,1-3H3;4-6,15H,1-3H3;1-2,5H,3-4H2;4H,1-2H2;3H,2H2,1H3;1H3;/q;;;;;;;-1;. The smallest absolute Gasteiger partial charge is 0.398 e. The molecule has 4 aromatic heterocycles. The van der Waals surface area contributed by atoms with Gasteiger partial charge in [-0.25, -0.2) is 0 Å². The fraction of sp³-hybridized carbons (Fsp3) is 0.407. The predicted molar refractivity (Wildman–Crippen MR) is 449 cm³/mol. The number of anilines is 1. The van der Waals surface area contributed by atoms with Crippen molar-refractivity contribution in [3.05, 3.63) is 199 Å². The molecule has 2 aliphatic heterocycles. The number of nitrogens with zero attached hydrogens (tertiary/aromatic N) is 9. The second kappa shape index (κ2) is 38.9. The van der Waals surface area contributed by atoms with Gasteiger partial charge in [-0.1, -0.05) is 124 Å². The van der Waals surface area contributed by atoms with Crippen molar-refractivity contribution < 1.29 is 102 Å². The number of carbonyl (C=O) groups excluding carboxylic acids is 2. The van der Waals surface area contributed by atoms with E-state index >= 15 is 0 Å². The molecule has 6 aromatic carbocycles. The molecule has 638 valence electrons. The Morgan fingerprint density at radius 2 is 0.882 bits per heavy atom. The van der Waals surface area contributed by atoms with Gasteiger partial charge in [0.15, 0.2) is 23.0 Å². The second-order valence-corrected chi connectivity index (χ2v) is 33.5. The first-order valence-electron chi connectivity index (χ1n) is 37.2. The number of halogens is 6. The van der Waals surface area contributed by atoms with Gasteiger partial charge in [-0.2, -0.15) is 21.0 Å². The number of alkyl halides is 5. The van der Waals surface area contributed by atoms with Gasteiger partial charge in [0.25, 0.3) is 11.4 Å². The molecule has 26 nitrogen and oxygen atoms in total. The van der Waals surface area contributed by atoms with E-state index in [1.54, 1.807) is 43.3 Å². The van der Waals surface area contributed by atoms with E-state index in [0.29, 0.717) is 96.2 Å². The zero-order chi connectivity index (χ0) is 87.0. The van der Waals surface area contributed by atoms with Gasteiger partial charge >= 0.3 is 12.6 Å². The molecule has 0 spiro atoms. The van der Waals surface area contributed by atoms with Crippen molar-refractivity contribution in [2.24, 2.45) is 0 Å². The molecule has 14 rings (SSSR count). The minimum absolute atomic E-state index is 0. The fourth-order valence-electron chi connectivity index (χ4n) is 13.9. The van der Waals surface area contributed by atoms with E-state index in [4.69, 9.17) is 32.8 Å². The number of nitrogens with two attached hydrogens (primary N) is 1. The number of aliphatic hydroxyl groups is 5. The summed E-state index contributed by atoms with van der Waals surface area (Å²) in [4.78, 5) is 48.8. The molecule has 2 aliphatic carbocycles. The molecule has 10 aromatic rings. The number of fused-ring (bicyclic) bond motifs is 6. The first-order valence-corrected chi connectivity index (χ1v) is 39.1. The van der Waals surface area contributed by atoms with Gasteiger partial charge < -0.3 is 76.3 Å². The maximum atomic E-state index is 13.5. The van der Waals surface area contributed by atoms with Crippen molar-refractivity contribution in [1.82, 2.24) is 18.7 Å². The quantitative estimate of drug-likeness (QED) is 0.00577. The molecule has 119 heavy (non-hydrogen) atoms. The summed E-state index contributed by atoms with van der Waals surface area (Å²) in [5.74, 6) is -0.287. The van der Waals surface area contributed by atoms with Crippen LogP contribution in [0.15, 0.2) is 109 Å². The van der Waals surface area contributed by atoms with E-state index in [0.717, 1.165) is 60.0 Å². The zero-order valence-corrected chi connectivity index (χ0v) is 72.8. The monoisotopic (exact) mass is 1870 g/mol. The SMILES string of the molecule is CC(C)(C)c1cc2c(C#N)c(CC(=O)C3(c4ccc5c(c4)OC(F)(F)O5)CC3)ccc2n1CCO.CC(C)(C)c1cc2c(C#N)c(N)ccc2n1CCO.CC(C)(C)c1cc2c(C#N)c([N+](=O)[O-])ccc2[nH]1.CC(C)(C)c1cc2c(C#N)c([N+](=O)[O-])ccc2n1CCO.CCO.O=C(Cl)C1(c2ccc3c(c2)OC(F)(F)O3)CC1.OCCI.[CH3-].[Pd]. The second-order valence-electron chi connectivity index (χ2n) is 32.1. The van der Waals surface area contributed by atoms with Gasteiger partial charge in [0.2, 0.25) is 5.24 Å². The topological polar surface area (TPSA) is 410 Å². The largest absolute Gasteiger partial charge is 0.586 e. The summed E-state index contributed by atoms with van der Waals surface area (Å²) in [6, 6.07) is 38.1. The van der Waals surface area contributed by atoms with E-state index in [1.807, 2.05) is 99.2 Å². The van der Waals surface area contributed by atoms with Crippen molar-refractivity contribution in [3.8, 4) is 47.3 Å². The van der Waals surface area contributed by atoms with Gasteiger partial charge in [0.05, 0.1) is 69.4 Å². The summed E-state index contributed by atoms with van der Waals surface area (Å²) in [5.41, 5.74) is 14.2. The van der Waals surface area contributed by atoms with E-state index in [2.05, 4.69) is 105 Å². The molecule has 33 heteroatoms. The first-order chi connectivity index (χ1) is 54.8. The number of nitrogens with one attached hydrogen (secondary N) is 1. The summed E-state index contributed by atoms with van der Waals surface area (Å²) in [6.07, 6.45) is -4.82. The van der Waals surface area contributed by atoms with Crippen LogP contribution in [-0.2, 0) is 88.6 Å². The summed E-state index contributed by atoms with van der Waals surface area (Å²) < 4.78 is 77.0. The number of ether oxygens (including phenoxy) is 4. The minimum Gasteiger partial charge on any atom is -0.398 e. The molecule has 4 aliphatic rings. The Morgan fingerprint density at radius 3 is 1.24 bits per heavy atom. The third kappa shape index (κ3) is 21.7. The molecule has 6 heterocycles. The van der Waals surface area contributed by atoms with E-state index < -0.39 is 38.5 Å². The van der Waals surface area contributed by atoms with Crippen LogP contribution >= 0.6 is 34.2 Å². The van der Waals surface area contributed by atoms with Crippen LogP contribution in [0.5, 0.6) is 23.0 Å². The third-order valence-corrected chi connectivity index (χ3v) is 20.7. The minimum atomic E-state index is -3.71. The summed E-state index contributed by atoms with van der Waals surface area (Å²) in [7, 11) is 0. The number of nitro benzene ring substituents is 2. The predicted octanol–water partition coefficient (Wildman–Crippen LogP) is 17.0. The van der Waals surface area contributed by atoms with E-state index in [1.165, 1.54) is 36.4 Å². The zero-order valence-electron chi connectivity index (χ0n) is 68.3. The Hall–Kier alpha value is -10.2. The van der Waals surface area contributed by atoms with E-state index in [-0.39, 0.29) is 134 Å². The number of aromatic amines is 1. The molecule has 0 bridgehead atoms. The Balaban J connectivity index is 0.000000231. The van der Waals surface area contributed by atoms with Crippen LogP contribution in [0.1, 0.15) is 177 Å². The number of ketones is 1. The number of nitriles is 4. The molecule has 0 saturated heterocycles. The molecule has 0 amide bonds. The third-order valence-electron chi connectivity index (χ3n) is 19.8. The number of aromatic nitrogens is 4. The van der Waals surface area contributed by atoms with Crippen LogP contribution in [0.4, 0.5) is 34.6 Å². The number of hydrogen-bond acceptors (Lipinski definition) is 20. The Labute approximate surface area is 718 Å². The molecular formula is C86H96ClF4IN11O15Pd-. The number of nitro groups is 2. The molecule has 2 fully saturated rings. The van der Waals surface area contributed by atoms with Gasteiger partial charge in [0, 0.05) is 152 Å². The number of nitrogen functional groups attached to an aromatic ring is 1. The number of carbonyl (C=O) groups is 2. The van der Waals surface area contributed by atoms with Crippen LogP contribution in [-0.4, -0.2) is 115 Å². The molecule has 0 atom stereocenters. The molecule has 0 unspecified atom stereocenters. The average molecular weight is 1870 g/mol. The van der Waals surface area contributed by atoms with Crippen LogP contribution in [0, 0.1) is 73.0 Å². The van der Waals surface area contributed by atoms with Crippen molar-refractivity contribution in [1.29, 1.82) is 21.0 Å². The van der Waals surface area contributed by atoms with Gasteiger partial charge in [-0.3, -0.25) is 29.8 Å². The summed E-state index contributed by atoms with van der Waals surface area (Å²) in [6.45, 7) is 28.3. The average Bonchev–Trinajstić information content (AvgIpc) is 1.60. The Morgan fingerprint density at radius 1 is 0.529 bits per heavy atom. The maximum absolute atomic E-state index is 13.5. The van der Waals surface area contributed by atoms with Crippen LogP contribution in [0.2, 0.25) is 0 Å². The van der Waals surface area contributed by atoms with E-state index in [9.17, 15) is 78.5 Å². The normalized spacial score (nSPS) is 14.4. The summed E-state index contributed by atoms with van der Waals surface area (Å²) >= 11 is 7.62. The number of aliphatic hydroxyl groups excluding tert-OH is 5. The number of H-pyrrole nitrogens is 1. The van der Waals surface area contributed by atoms with Gasteiger partial charge in [-0.05, 0) is 140 Å².